The summed E-state index contributed by atoms with van der Waals surface area (Å²) in [5, 5.41) is 3.87. The normalized spacial score (nSPS) is 10.7. The van der Waals surface area contributed by atoms with Gasteiger partial charge in [-0.3, -0.25) is 0 Å². The first kappa shape index (κ1) is 14.6. The van der Waals surface area contributed by atoms with Gasteiger partial charge in [-0.1, -0.05) is 37.6 Å². The molecular formula is C14H18ClN5. The van der Waals surface area contributed by atoms with Crippen molar-refractivity contribution in [3.05, 3.63) is 40.7 Å². The van der Waals surface area contributed by atoms with Crippen molar-refractivity contribution in [2.75, 3.05) is 10.7 Å². The van der Waals surface area contributed by atoms with Crippen LogP contribution in [0.4, 0.5) is 17.3 Å². The molecular weight excluding hydrogens is 274 g/mol. The zero-order valence-electron chi connectivity index (χ0n) is 11.7. The molecule has 1 aromatic carbocycles. The molecule has 2 rings (SSSR count). The van der Waals surface area contributed by atoms with Gasteiger partial charge in [-0.05, 0) is 19.1 Å². The van der Waals surface area contributed by atoms with Crippen LogP contribution in [0, 0.1) is 6.92 Å². The Bertz CT molecular complexity index is 613. The quantitative estimate of drug-likeness (QED) is 0.593. The number of hydrogen-bond donors (Lipinski definition) is 3. The summed E-state index contributed by atoms with van der Waals surface area (Å²) >= 11 is 6.16. The third-order valence-corrected chi connectivity index (χ3v) is 3.27. The van der Waals surface area contributed by atoms with E-state index in [0.29, 0.717) is 16.7 Å². The molecule has 0 aliphatic heterocycles. The monoisotopic (exact) mass is 291 g/mol. The standard InChI is InChI=1S/C14H18ClN5/c1-8(2)12-18-13(9(3)14(19-12)20-16)17-11-7-5-4-6-10(11)15/h4-8H,16H2,1-3H3,(H2,17,18,19,20). The van der Waals surface area contributed by atoms with Crippen LogP contribution in [0.5, 0.6) is 0 Å². The van der Waals surface area contributed by atoms with E-state index < -0.39 is 0 Å². The van der Waals surface area contributed by atoms with Crippen LogP contribution < -0.4 is 16.6 Å². The Balaban J connectivity index is 2.45. The van der Waals surface area contributed by atoms with Crippen LogP contribution in [0.15, 0.2) is 24.3 Å². The summed E-state index contributed by atoms with van der Waals surface area (Å²) in [5.74, 6) is 7.75. The van der Waals surface area contributed by atoms with Gasteiger partial charge in [0, 0.05) is 11.5 Å². The molecule has 106 valence electrons. The molecule has 4 N–H and O–H groups in total. The van der Waals surface area contributed by atoms with Crippen LogP contribution in [0.3, 0.4) is 0 Å². The lowest BCUT2D eigenvalue weighted by atomic mass is 10.2. The van der Waals surface area contributed by atoms with Gasteiger partial charge in [-0.15, -0.1) is 0 Å². The summed E-state index contributed by atoms with van der Waals surface area (Å²) in [6.45, 7) is 5.97. The Morgan fingerprint density at radius 3 is 2.40 bits per heavy atom. The molecule has 0 saturated carbocycles. The number of nitrogens with two attached hydrogens (primary N) is 1. The van der Waals surface area contributed by atoms with Crippen LogP contribution in [0.25, 0.3) is 0 Å². The number of hydrogen-bond acceptors (Lipinski definition) is 5. The second-order valence-corrected chi connectivity index (χ2v) is 5.22. The average Bonchev–Trinajstić information content (AvgIpc) is 2.43. The number of aromatic nitrogens is 2. The summed E-state index contributed by atoms with van der Waals surface area (Å²) in [4.78, 5) is 8.94. The lowest BCUT2D eigenvalue weighted by Gasteiger charge is -2.15. The van der Waals surface area contributed by atoms with E-state index in [1.807, 2.05) is 45.0 Å². The van der Waals surface area contributed by atoms with Crippen molar-refractivity contribution in [2.45, 2.75) is 26.7 Å². The van der Waals surface area contributed by atoms with E-state index in [2.05, 4.69) is 20.7 Å². The van der Waals surface area contributed by atoms with Gasteiger partial charge in [-0.2, -0.15) is 0 Å². The molecule has 0 aliphatic carbocycles. The number of hydrazine groups is 1. The van der Waals surface area contributed by atoms with Gasteiger partial charge in [0.25, 0.3) is 0 Å². The fourth-order valence-corrected chi connectivity index (χ4v) is 1.93. The first-order valence-electron chi connectivity index (χ1n) is 6.39. The van der Waals surface area contributed by atoms with Crippen LogP contribution in [-0.2, 0) is 0 Å². The van der Waals surface area contributed by atoms with Gasteiger partial charge >= 0.3 is 0 Å². The zero-order valence-corrected chi connectivity index (χ0v) is 12.5. The van der Waals surface area contributed by atoms with E-state index in [1.54, 1.807) is 0 Å². The predicted octanol–water partition coefficient (Wildman–Crippen LogP) is 3.59. The van der Waals surface area contributed by atoms with Crippen LogP contribution in [0.1, 0.15) is 31.2 Å². The van der Waals surface area contributed by atoms with Gasteiger partial charge in [0.2, 0.25) is 0 Å². The van der Waals surface area contributed by atoms with Gasteiger partial charge in [0.05, 0.1) is 10.7 Å². The van der Waals surface area contributed by atoms with Crippen LogP contribution >= 0.6 is 11.6 Å². The molecule has 0 radical (unpaired) electrons. The summed E-state index contributed by atoms with van der Waals surface area (Å²) in [7, 11) is 0. The highest BCUT2D eigenvalue weighted by molar-refractivity contribution is 6.33. The summed E-state index contributed by atoms with van der Waals surface area (Å²) in [6, 6.07) is 7.52. The molecule has 0 unspecified atom stereocenters. The fraction of sp³-hybridized carbons (Fsp3) is 0.286. The average molecular weight is 292 g/mol. The topological polar surface area (TPSA) is 75.9 Å². The van der Waals surface area contributed by atoms with E-state index in [1.165, 1.54) is 0 Å². The van der Waals surface area contributed by atoms with E-state index in [0.717, 1.165) is 17.1 Å². The number of para-hydroxylation sites is 1. The van der Waals surface area contributed by atoms with E-state index >= 15 is 0 Å². The maximum absolute atomic E-state index is 6.16. The summed E-state index contributed by atoms with van der Waals surface area (Å²) in [6.07, 6.45) is 0. The number of nitrogens with one attached hydrogen (secondary N) is 2. The van der Waals surface area contributed by atoms with Crippen molar-refractivity contribution in [3.8, 4) is 0 Å². The number of anilines is 3. The lowest BCUT2D eigenvalue weighted by molar-refractivity contribution is 0.774. The minimum absolute atomic E-state index is 0.203. The number of nitrogen functional groups attached to an aromatic ring is 1. The Labute approximate surface area is 123 Å². The zero-order chi connectivity index (χ0) is 14.7. The van der Waals surface area contributed by atoms with Crippen molar-refractivity contribution in [1.29, 1.82) is 0 Å². The number of nitrogens with zero attached hydrogens (tertiary/aromatic N) is 2. The molecule has 0 bridgehead atoms. The predicted molar refractivity (Wildman–Crippen MR) is 83.4 cm³/mol. The van der Waals surface area contributed by atoms with Crippen molar-refractivity contribution in [1.82, 2.24) is 9.97 Å². The molecule has 5 nitrogen and oxygen atoms in total. The third-order valence-electron chi connectivity index (χ3n) is 2.94. The minimum Gasteiger partial charge on any atom is -0.339 e. The van der Waals surface area contributed by atoms with E-state index in [-0.39, 0.29) is 5.92 Å². The molecule has 1 heterocycles. The Hall–Kier alpha value is -1.85. The van der Waals surface area contributed by atoms with Gasteiger partial charge in [0.15, 0.2) is 0 Å². The van der Waals surface area contributed by atoms with Gasteiger partial charge < -0.3 is 10.7 Å². The molecule has 0 spiro atoms. The molecule has 1 aromatic heterocycles. The third kappa shape index (κ3) is 3.00. The number of benzene rings is 1. The number of halogens is 1. The maximum Gasteiger partial charge on any atom is 0.148 e. The second kappa shape index (κ2) is 6.07. The van der Waals surface area contributed by atoms with Crippen LogP contribution in [0.2, 0.25) is 5.02 Å². The molecule has 2 aromatic rings. The van der Waals surface area contributed by atoms with Crippen molar-refractivity contribution in [3.63, 3.8) is 0 Å². The molecule has 0 amide bonds. The minimum atomic E-state index is 0.203. The molecule has 6 heteroatoms. The molecule has 20 heavy (non-hydrogen) atoms. The molecule has 0 saturated heterocycles. The smallest absolute Gasteiger partial charge is 0.148 e. The largest absolute Gasteiger partial charge is 0.339 e. The van der Waals surface area contributed by atoms with Gasteiger partial charge in [-0.25, -0.2) is 15.8 Å². The number of rotatable bonds is 4. The summed E-state index contributed by atoms with van der Waals surface area (Å²) < 4.78 is 0. The van der Waals surface area contributed by atoms with Gasteiger partial charge in [0.1, 0.15) is 17.5 Å². The van der Waals surface area contributed by atoms with Crippen LogP contribution in [-0.4, -0.2) is 9.97 Å². The first-order valence-corrected chi connectivity index (χ1v) is 6.77. The highest BCUT2D eigenvalue weighted by atomic mass is 35.5. The van der Waals surface area contributed by atoms with Crippen molar-refractivity contribution < 1.29 is 0 Å². The SMILES string of the molecule is Cc1c(NN)nc(C(C)C)nc1Nc1ccccc1Cl. The molecule has 0 atom stereocenters. The maximum atomic E-state index is 6.16. The Morgan fingerprint density at radius 1 is 1.15 bits per heavy atom. The Kier molecular flexibility index (Phi) is 4.42. The lowest BCUT2D eigenvalue weighted by Crippen LogP contribution is -2.14. The molecule has 0 fully saturated rings. The van der Waals surface area contributed by atoms with Crippen molar-refractivity contribution in [2.24, 2.45) is 5.84 Å². The first-order chi connectivity index (χ1) is 9.52. The molecule has 0 aliphatic rings. The second-order valence-electron chi connectivity index (χ2n) is 4.81. The highest BCUT2D eigenvalue weighted by Crippen LogP contribution is 2.28. The van der Waals surface area contributed by atoms with E-state index in [9.17, 15) is 0 Å². The highest BCUT2D eigenvalue weighted by Gasteiger charge is 2.13. The van der Waals surface area contributed by atoms with E-state index in [4.69, 9.17) is 17.4 Å². The fourth-order valence-electron chi connectivity index (χ4n) is 1.74. The van der Waals surface area contributed by atoms with Crippen molar-refractivity contribution >= 4 is 28.9 Å². The Morgan fingerprint density at radius 2 is 1.80 bits per heavy atom. The summed E-state index contributed by atoms with van der Waals surface area (Å²) in [5.41, 5.74) is 4.25.